The lowest BCUT2D eigenvalue weighted by Gasteiger charge is -2.24. The molecule has 0 aliphatic carbocycles. The fraction of sp³-hybridized carbons (Fsp3) is 0.533. The van der Waals surface area contributed by atoms with E-state index in [0.717, 1.165) is 23.7 Å². The van der Waals surface area contributed by atoms with E-state index in [9.17, 15) is 4.79 Å². The summed E-state index contributed by atoms with van der Waals surface area (Å²) in [6.07, 6.45) is 4.08. The molecule has 7 heteroatoms. The van der Waals surface area contributed by atoms with Crippen LogP contribution in [0.15, 0.2) is 23.8 Å². The molecular formula is C15H20N4O2S. The van der Waals surface area contributed by atoms with E-state index in [2.05, 4.69) is 10.1 Å². The van der Waals surface area contributed by atoms with Crippen molar-refractivity contribution in [1.29, 1.82) is 0 Å². The molecule has 0 saturated carbocycles. The molecule has 6 nitrogen and oxygen atoms in total. The summed E-state index contributed by atoms with van der Waals surface area (Å²) in [6.45, 7) is 3.97. The number of carbonyl (C=O) groups excluding carboxylic acids is 1. The van der Waals surface area contributed by atoms with Crippen LogP contribution in [0, 0.1) is 5.92 Å². The zero-order chi connectivity index (χ0) is 15.5. The highest BCUT2D eigenvalue weighted by atomic mass is 32.1. The number of hydrogen-bond acceptors (Lipinski definition) is 5. The third-order valence-electron chi connectivity index (χ3n) is 3.98. The second kappa shape index (κ2) is 6.58. The molecule has 0 unspecified atom stereocenters. The van der Waals surface area contributed by atoms with Crippen molar-refractivity contribution >= 4 is 17.2 Å². The molecule has 1 aliphatic rings. The smallest absolute Gasteiger partial charge is 0.228 e. The average Bonchev–Trinajstić information content (AvgIpc) is 3.25. The molecule has 22 heavy (non-hydrogen) atoms. The van der Waals surface area contributed by atoms with Crippen LogP contribution in [0.25, 0.3) is 0 Å². The molecule has 0 aromatic carbocycles. The highest BCUT2D eigenvalue weighted by Crippen LogP contribution is 2.35. The lowest BCUT2D eigenvalue weighted by Crippen LogP contribution is -2.34. The van der Waals surface area contributed by atoms with E-state index in [1.807, 2.05) is 30.1 Å². The fourth-order valence-electron chi connectivity index (χ4n) is 2.88. The van der Waals surface area contributed by atoms with Gasteiger partial charge in [-0.15, -0.1) is 11.3 Å². The molecule has 1 fully saturated rings. The van der Waals surface area contributed by atoms with Gasteiger partial charge in [0.25, 0.3) is 0 Å². The first-order chi connectivity index (χ1) is 10.7. The van der Waals surface area contributed by atoms with Crippen molar-refractivity contribution in [3.63, 3.8) is 0 Å². The topological polar surface area (TPSA) is 60.3 Å². The highest BCUT2D eigenvalue weighted by Gasteiger charge is 2.38. The van der Waals surface area contributed by atoms with E-state index in [0.29, 0.717) is 13.2 Å². The third-order valence-corrected chi connectivity index (χ3v) is 4.75. The van der Waals surface area contributed by atoms with Crippen LogP contribution in [0.1, 0.15) is 30.2 Å². The molecule has 0 N–H and O–H groups in total. The lowest BCUT2D eigenvalue weighted by atomic mass is 9.97. The van der Waals surface area contributed by atoms with Crippen LogP contribution in [0.5, 0.6) is 0 Å². The predicted octanol–water partition coefficient (Wildman–Crippen LogP) is 2.10. The number of aryl methyl sites for hydroxylation is 1. The van der Waals surface area contributed by atoms with Gasteiger partial charge in [-0.3, -0.25) is 9.48 Å². The van der Waals surface area contributed by atoms with Gasteiger partial charge in [0, 0.05) is 38.0 Å². The standard InChI is InChI=1S/C15H20N4O2S/c1-3-19-12(4-6-17-19)14-11(5-8-21-14)15(20)18(2)10-13-16-7-9-22-13/h4,6-7,9,11,14H,3,5,8,10H2,1-2H3/t11-,14-/m1/s1. The Morgan fingerprint density at radius 1 is 1.55 bits per heavy atom. The third kappa shape index (κ3) is 2.91. The van der Waals surface area contributed by atoms with Gasteiger partial charge in [-0.25, -0.2) is 4.98 Å². The van der Waals surface area contributed by atoms with Gasteiger partial charge in [0.2, 0.25) is 5.91 Å². The average molecular weight is 320 g/mol. The normalized spacial score (nSPS) is 21.2. The zero-order valence-corrected chi connectivity index (χ0v) is 13.6. The molecule has 118 valence electrons. The first-order valence-corrected chi connectivity index (χ1v) is 8.35. The minimum Gasteiger partial charge on any atom is -0.371 e. The van der Waals surface area contributed by atoms with Crippen LogP contribution in [-0.2, 0) is 22.6 Å². The Bertz CT molecular complexity index is 625. The fourth-order valence-corrected chi connectivity index (χ4v) is 3.55. The Labute approximate surface area is 133 Å². The molecule has 0 spiro atoms. The molecule has 1 amide bonds. The van der Waals surface area contributed by atoms with Crippen LogP contribution < -0.4 is 0 Å². The van der Waals surface area contributed by atoms with Crippen molar-refractivity contribution in [3.8, 4) is 0 Å². The minimum atomic E-state index is -0.200. The highest BCUT2D eigenvalue weighted by molar-refractivity contribution is 7.09. The largest absolute Gasteiger partial charge is 0.371 e. The van der Waals surface area contributed by atoms with Crippen LogP contribution in [0.2, 0.25) is 0 Å². The van der Waals surface area contributed by atoms with E-state index in [1.54, 1.807) is 28.6 Å². The number of ether oxygens (including phenoxy) is 1. The molecule has 2 atom stereocenters. The second-order valence-corrected chi connectivity index (χ2v) is 6.36. The van der Waals surface area contributed by atoms with E-state index in [-0.39, 0.29) is 17.9 Å². The molecule has 3 rings (SSSR count). The maximum absolute atomic E-state index is 12.8. The first-order valence-electron chi connectivity index (χ1n) is 7.47. The summed E-state index contributed by atoms with van der Waals surface area (Å²) < 4.78 is 7.74. The SMILES string of the molecule is CCn1nccc1[C@@H]1OCC[C@H]1C(=O)N(C)Cc1nccs1. The van der Waals surface area contributed by atoms with Gasteiger partial charge < -0.3 is 9.64 Å². The second-order valence-electron chi connectivity index (χ2n) is 5.38. The van der Waals surface area contributed by atoms with E-state index >= 15 is 0 Å². The quantitative estimate of drug-likeness (QED) is 0.846. The summed E-state index contributed by atoms with van der Waals surface area (Å²) >= 11 is 1.57. The van der Waals surface area contributed by atoms with Crippen molar-refractivity contribution < 1.29 is 9.53 Å². The number of thiazole rings is 1. The molecule has 3 heterocycles. The maximum Gasteiger partial charge on any atom is 0.228 e. The lowest BCUT2D eigenvalue weighted by molar-refractivity contribution is -0.136. The number of aromatic nitrogens is 3. The number of rotatable bonds is 5. The molecule has 2 aromatic rings. The van der Waals surface area contributed by atoms with E-state index in [1.165, 1.54) is 0 Å². The monoisotopic (exact) mass is 320 g/mol. The van der Waals surface area contributed by atoms with Gasteiger partial charge >= 0.3 is 0 Å². The number of carbonyl (C=O) groups is 1. The summed E-state index contributed by atoms with van der Waals surface area (Å²) in [7, 11) is 1.83. The molecule has 0 bridgehead atoms. The van der Waals surface area contributed by atoms with Crippen molar-refractivity contribution in [2.24, 2.45) is 5.92 Å². The van der Waals surface area contributed by atoms with E-state index < -0.39 is 0 Å². The van der Waals surface area contributed by atoms with Gasteiger partial charge in [0.05, 0.1) is 18.2 Å². The van der Waals surface area contributed by atoms with Gasteiger partial charge in [0.1, 0.15) is 11.1 Å². The Morgan fingerprint density at radius 2 is 2.41 bits per heavy atom. The maximum atomic E-state index is 12.8. The molecule has 1 saturated heterocycles. The summed E-state index contributed by atoms with van der Waals surface area (Å²) in [4.78, 5) is 18.8. The number of amides is 1. The summed E-state index contributed by atoms with van der Waals surface area (Å²) in [5, 5.41) is 7.16. The number of nitrogens with zero attached hydrogens (tertiary/aromatic N) is 4. The van der Waals surface area contributed by atoms with Gasteiger partial charge in [-0.1, -0.05) is 0 Å². The Balaban J connectivity index is 1.73. The molecule has 0 radical (unpaired) electrons. The summed E-state index contributed by atoms with van der Waals surface area (Å²) in [5.74, 6) is -0.0338. The Hall–Kier alpha value is -1.73. The number of hydrogen-bond donors (Lipinski definition) is 0. The van der Waals surface area contributed by atoms with Crippen LogP contribution in [0.3, 0.4) is 0 Å². The van der Waals surface area contributed by atoms with Crippen LogP contribution >= 0.6 is 11.3 Å². The van der Waals surface area contributed by atoms with Crippen LogP contribution in [-0.4, -0.2) is 39.2 Å². The van der Waals surface area contributed by atoms with Gasteiger partial charge in [-0.05, 0) is 19.4 Å². The van der Waals surface area contributed by atoms with Crippen molar-refractivity contribution in [2.75, 3.05) is 13.7 Å². The van der Waals surface area contributed by atoms with Crippen molar-refractivity contribution in [1.82, 2.24) is 19.7 Å². The van der Waals surface area contributed by atoms with Crippen molar-refractivity contribution in [3.05, 3.63) is 34.5 Å². The zero-order valence-electron chi connectivity index (χ0n) is 12.8. The van der Waals surface area contributed by atoms with Gasteiger partial charge in [0.15, 0.2) is 0 Å². The predicted molar refractivity (Wildman–Crippen MR) is 83.3 cm³/mol. The minimum absolute atomic E-state index is 0.113. The Kier molecular flexibility index (Phi) is 4.54. The summed E-state index contributed by atoms with van der Waals surface area (Å²) in [5.41, 5.74) is 0.987. The molecular weight excluding hydrogens is 300 g/mol. The first kappa shape index (κ1) is 15.2. The van der Waals surface area contributed by atoms with Crippen LogP contribution in [0.4, 0.5) is 0 Å². The molecule has 1 aliphatic heterocycles. The van der Waals surface area contributed by atoms with E-state index in [4.69, 9.17) is 4.74 Å². The molecule has 2 aromatic heterocycles. The Morgan fingerprint density at radius 3 is 3.14 bits per heavy atom. The summed E-state index contributed by atoms with van der Waals surface area (Å²) in [6, 6.07) is 1.95. The van der Waals surface area contributed by atoms with Crippen molar-refractivity contribution in [2.45, 2.75) is 32.5 Å². The van der Waals surface area contributed by atoms with Gasteiger partial charge in [-0.2, -0.15) is 5.10 Å².